The lowest BCUT2D eigenvalue weighted by Gasteiger charge is -2.31. The third-order valence-corrected chi connectivity index (χ3v) is 5.35. The minimum absolute atomic E-state index is 0.220. The maximum Gasteiger partial charge on any atom is 0.123 e. The molecule has 4 heteroatoms. The third kappa shape index (κ3) is 3.80. The molecule has 2 aromatic carbocycles. The van der Waals surface area contributed by atoms with Crippen molar-refractivity contribution in [1.29, 1.82) is 0 Å². The highest BCUT2D eigenvalue weighted by atomic mass is 79.9. The van der Waals surface area contributed by atoms with E-state index >= 15 is 0 Å². The zero-order valence-electron chi connectivity index (χ0n) is 11.7. The highest BCUT2D eigenvalue weighted by molar-refractivity contribution is 9.10. The minimum Gasteiger partial charge on any atom is -0.207 e. The van der Waals surface area contributed by atoms with Crippen LogP contribution in [0, 0.1) is 12.7 Å². The van der Waals surface area contributed by atoms with Gasteiger partial charge in [0.05, 0.1) is 0 Å². The molecule has 0 bridgehead atoms. The first-order chi connectivity index (χ1) is 10.0. The molecule has 0 aliphatic rings. The number of halogens is 4. The van der Waals surface area contributed by atoms with Gasteiger partial charge in [-0.3, -0.25) is 0 Å². The van der Waals surface area contributed by atoms with Crippen molar-refractivity contribution in [2.75, 3.05) is 11.8 Å². The molecule has 112 valence electrons. The Morgan fingerprint density at radius 1 is 1.05 bits per heavy atom. The third-order valence-electron chi connectivity index (χ3n) is 3.80. The number of hydrogen-bond donors (Lipinski definition) is 0. The number of rotatable bonds is 5. The van der Waals surface area contributed by atoms with Gasteiger partial charge in [0.25, 0.3) is 0 Å². The van der Waals surface area contributed by atoms with E-state index in [0.717, 1.165) is 21.2 Å². The maximum absolute atomic E-state index is 13.3. The van der Waals surface area contributed by atoms with E-state index in [1.807, 2.05) is 37.3 Å². The molecule has 0 aliphatic carbocycles. The molecule has 21 heavy (non-hydrogen) atoms. The van der Waals surface area contributed by atoms with Crippen LogP contribution in [0.15, 0.2) is 46.9 Å². The number of benzene rings is 2. The highest BCUT2D eigenvalue weighted by Gasteiger charge is 2.31. The Hall–Kier alpha value is -0.570. The van der Waals surface area contributed by atoms with Gasteiger partial charge in [-0.25, -0.2) is 4.39 Å². The van der Waals surface area contributed by atoms with E-state index in [1.165, 1.54) is 6.07 Å². The molecule has 2 aromatic rings. The van der Waals surface area contributed by atoms with Crippen LogP contribution in [0.2, 0.25) is 0 Å². The molecular formula is C17H16BrCl2F. The second-order valence-electron chi connectivity index (χ2n) is 5.30. The van der Waals surface area contributed by atoms with E-state index in [2.05, 4.69) is 15.9 Å². The molecule has 0 N–H and O–H groups in total. The molecule has 0 aliphatic heterocycles. The van der Waals surface area contributed by atoms with Gasteiger partial charge in [0, 0.05) is 21.6 Å². The topological polar surface area (TPSA) is 0 Å². The predicted octanol–water partition coefficient (Wildman–Crippen LogP) is 5.85. The van der Waals surface area contributed by atoms with Crippen LogP contribution in [0.3, 0.4) is 0 Å². The summed E-state index contributed by atoms with van der Waals surface area (Å²) in [5.41, 5.74) is 2.73. The summed E-state index contributed by atoms with van der Waals surface area (Å²) in [5.74, 6) is 0.603. The monoisotopic (exact) mass is 388 g/mol. The molecule has 0 heterocycles. The van der Waals surface area contributed by atoms with Gasteiger partial charge in [-0.15, -0.1) is 23.2 Å². The molecule has 0 aromatic heterocycles. The Morgan fingerprint density at radius 3 is 2.19 bits per heavy atom. The summed E-state index contributed by atoms with van der Waals surface area (Å²) in [6, 6.07) is 12.9. The van der Waals surface area contributed by atoms with Crippen LogP contribution in [0.1, 0.15) is 16.7 Å². The molecule has 0 radical (unpaired) electrons. The molecule has 0 atom stereocenters. The molecule has 0 amide bonds. The van der Waals surface area contributed by atoms with E-state index in [-0.39, 0.29) is 11.2 Å². The molecule has 2 rings (SSSR count). The van der Waals surface area contributed by atoms with Crippen LogP contribution >= 0.6 is 39.1 Å². The van der Waals surface area contributed by atoms with Gasteiger partial charge in [-0.1, -0.05) is 34.1 Å². The van der Waals surface area contributed by atoms with Crippen molar-refractivity contribution in [3.63, 3.8) is 0 Å². The largest absolute Gasteiger partial charge is 0.207 e. The lowest BCUT2D eigenvalue weighted by atomic mass is 9.78. The lowest BCUT2D eigenvalue weighted by molar-refractivity contribution is 0.533. The summed E-state index contributed by atoms with van der Waals surface area (Å²) < 4.78 is 14.3. The summed E-state index contributed by atoms with van der Waals surface area (Å²) in [7, 11) is 0. The molecule has 0 saturated heterocycles. The first kappa shape index (κ1) is 16.8. The minimum atomic E-state index is -0.355. The Morgan fingerprint density at radius 2 is 1.67 bits per heavy atom. The van der Waals surface area contributed by atoms with Gasteiger partial charge in [-0.2, -0.15) is 0 Å². The van der Waals surface area contributed by atoms with Gasteiger partial charge in [0.2, 0.25) is 0 Å². The summed E-state index contributed by atoms with van der Waals surface area (Å²) in [5, 5.41) is 0. The van der Waals surface area contributed by atoms with Crippen LogP contribution in [-0.4, -0.2) is 11.8 Å². The molecular weight excluding hydrogens is 374 g/mol. The van der Waals surface area contributed by atoms with Gasteiger partial charge < -0.3 is 0 Å². The first-order valence-corrected chi connectivity index (χ1v) is 8.50. The van der Waals surface area contributed by atoms with Crippen molar-refractivity contribution in [1.82, 2.24) is 0 Å². The first-order valence-electron chi connectivity index (χ1n) is 6.64. The fourth-order valence-corrected chi connectivity index (χ4v) is 3.46. The van der Waals surface area contributed by atoms with Gasteiger partial charge in [0.1, 0.15) is 5.82 Å². The molecule has 0 unspecified atom stereocenters. The van der Waals surface area contributed by atoms with E-state index in [4.69, 9.17) is 23.2 Å². The normalized spacial score (nSPS) is 11.7. The summed E-state index contributed by atoms with van der Waals surface area (Å²) in [6.45, 7) is 1.91. The van der Waals surface area contributed by atoms with E-state index < -0.39 is 0 Å². The van der Waals surface area contributed by atoms with Crippen LogP contribution in [0.5, 0.6) is 0 Å². The summed E-state index contributed by atoms with van der Waals surface area (Å²) in [4.78, 5) is 0. The van der Waals surface area contributed by atoms with Gasteiger partial charge in [-0.05, 0) is 54.3 Å². The van der Waals surface area contributed by atoms with Crippen LogP contribution in [0.4, 0.5) is 4.39 Å². The van der Waals surface area contributed by atoms with Crippen molar-refractivity contribution in [3.8, 4) is 0 Å². The van der Waals surface area contributed by atoms with Crippen molar-refractivity contribution < 1.29 is 4.39 Å². The van der Waals surface area contributed by atoms with Crippen LogP contribution in [0.25, 0.3) is 0 Å². The SMILES string of the molecule is Cc1cc(F)ccc1CC(CCl)(CCl)c1ccc(Br)cc1. The smallest absolute Gasteiger partial charge is 0.123 e. The van der Waals surface area contributed by atoms with Crippen LogP contribution < -0.4 is 0 Å². The standard InChI is InChI=1S/C17H16BrCl2F/c1-12-8-16(21)7-2-13(12)9-17(10-19,11-20)14-3-5-15(18)6-4-14/h2-8H,9-11H2,1H3. The molecule has 0 nitrogen and oxygen atoms in total. The Labute approximate surface area is 143 Å². The Bertz CT molecular complexity index is 607. The average Bonchev–Trinajstić information content (AvgIpc) is 2.48. The number of alkyl halides is 2. The Balaban J connectivity index is 2.40. The van der Waals surface area contributed by atoms with Gasteiger partial charge >= 0.3 is 0 Å². The van der Waals surface area contributed by atoms with E-state index in [1.54, 1.807) is 6.07 Å². The van der Waals surface area contributed by atoms with Crippen molar-refractivity contribution in [2.45, 2.75) is 18.8 Å². The van der Waals surface area contributed by atoms with Crippen molar-refractivity contribution >= 4 is 39.1 Å². The van der Waals surface area contributed by atoms with Crippen LogP contribution in [-0.2, 0) is 11.8 Å². The molecule has 0 fully saturated rings. The second kappa shape index (κ2) is 7.13. The highest BCUT2D eigenvalue weighted by Crippen LogP contribution is 2.33. The van der Waals surface area contributed by atoms with Crippen molar-refractivity contribution in [2.24, 2.45) is 0 Å². The lowest BCUT2D eigenvalue weighted by Crippen LogP contribution is -2.33. The summed E-state index contributed by atoms with van der Waals surface area (Å²) in [6.07, 6.45) is 0.688. The quantitative estimate of drug-likeness (QED) is 0.562. The van der Waals surface area contributed by atoms with Crippen molar-refractivity contribution in [3.05, 3.63) is 69.4 Å². The number of aryl methyl sites for hydroxylation is 1. The van der Waals surface area contributed by atoms with Gasteiger partial charge in [0.15, 0.2) is 0 Å². The fraction of sp³-hybridized carbons (Fsp3) is 0.294. The predicted molar refractivity (Wildman–Crippen MR) is 92.1 cm³/mol. The number of hydrogen-bond acceptors (Lipinski definition) is 0. The summed E-state index contributed by atoms with van der Waals surface area (Å²) >= 11 is 16.0. The van der Waals surface area contributed by atoms with E-state index in [0.29, 0.717) is 18.2 Å². The fourth-order valence-electron chi connectivity index (χ4n) is 2.41. The van der Waals surface area contributed by atoms with E-state index in [9.17, 15) is 4.39 Å². The average molecular weight is 390 g/mol. The molecule has 0 saturated carbocycles. The Kier molecular flexibility index (Phi) is 5.70. The molecule has 0 spiro atoms. The zero-order valence-corrected chi connectivity index (χ0v) is 14.8. The second-order valence-corrected chi connectivity index (χ2v) is 6.75. The zero-order chi connectivity index (χ0) is 15.5. The maximum atomic E-state index is 13.3.